The van der Waals surface area contributed by atoms with Gasteiger partial charge in [-0.1, -0.05) is 25.4 Å². The third-order valence-corrected chi connectivity index (χ3v) is 3.86. The van der Waals surface area contributed by atoms with Crippen LogP contribution in [-0.2, 0) is 6.18 Å². The number of halogens is 4. The molecule has 1 aromatic carbocycles. The third-order valence-electron chi connectivity index (χ3n) is 3.55. The number of aromatic hydroxyl groups is 1. The van der Waals surface area contributed by atoms with Gasteiger partial charge in [0.05, 0.1) is 23.4 Å². The van der Waals surface area contributed by atoms with Gasteiger partial charge in [-0.3, -0.25) is 0 Å². The number of hydrogen-bond acceptors (Lipinski definition) is 6. The fourth-order valence-electron chi connectivity index (χ4n) is 2.05. The summed E-state index contributed by atoms with van der Waals surface area (Å²) in [7, 11) is 0. The minimum atomic E-state index is -4.68. The number of aliphatic hydroxyl groups excluding tert-OH is 1. The zero-order valence-electron chi connectivity index (χ0n) is 14.0. The summed E-state index contributed by atoms with van der Waals surface area (Å²) in [5.41, 5.74) is -0.877. The Kier molecular flexibility index (Phi) is 6.14. The zero-order valence-corrected chi connectivity index (χ0v) is 14.7. The predicted molar refractivity (Wildman–Crippen MR) is 92.8 cm³/mol. The second kappa shape index (κ2) is 7.96. The Hall–Kier alpha value is -2.26. The summed E-state index contributed by atoms with van der Waals surface area (Å²) in [6.45, 7) is 3.32. The molecule has 0 fully saturated rings. The fraction of sp³-hybridized carbons (Fsp3) is 0.375. The predicted octanol–water partition coefficient (Wildman–Crippen LogP) is 4.03. The van der Waals surface area contributed by atoms with Gasteiger partial charge in [0.25, 0.3) is 0 Å². The van der Waals surface area contributed by atoms with Crippen LogP contribution in [0.1, 0.15) is 19.5 Å². The zero-order chi connectivity index (χ0) is 19.5. The maximum atomic E-state index is 13.1. The van der Waals surface area contributed by atoms with Crippen LogP contribution < -0.4 is 10.6 Å². The van der Waals surface area contributed by atoms with Crippen LogP contribution in [0.4, 0.5) is 30.6 Å². The molecule has 0 saturated heterocycles. The van der Waals surface area contributed by atoms with Gasteiger partial charge < -0.3 is 20.8 Å². The summed E-state index contributed by atoms with van der Waals surface area (Å²) in [5, 5.41) is 24.2. The van der Waals surface area contributed by atoms with E-state index in [9.17, 15) is 23.4 Å². The van der Waals surface area contributed by atoms with E-state index in [1.54, 1.807) is 13.8 Å². The molecule has 2 aromatic rings. The van der Waals surface area contributed by atoms with E-state index in [1.807, 2.05) is 0 Å². The fourth-order valence-corrected chi connectivity index (χ4v) is 2.28. The summed E-state index contributed by atoms with van der Waals surface area (Å²) in [4.78, 5) is 7.49. The summed E-state index contributed by atoms with van der Waals surface area (Å²) in [6.07, 6.45) is -4.68. The van der Waals surface area contributed by atoms with Crippen molar-refractivity contribution in [3.63, 3.8) is 0 Å². The molecule has 0 aliphatic carbocycles. The van der Waals surface area contributed by atoms with Crippen LogP contribution in [0.2, 0.25) is 5.02 Å². The molecule has 0 spiro atoms. The summed E-state index contributed by atoms with van der Waals surface area (Å²) in [6, 6.07) is 4.22. The standard InChI is InChI=1S/C16H18ClF3N4O2/c1-8(2)12(7-25)22-15-23-13(16(18,19)20)6-14(24-15)21-11-4-3-9(26)5-10(11)17/h3-6,8,12,25-26H,7H2,1-2H3,(H2,21,22,23,24)/t12-/m1/s1. The lowest BCUT2D eigenvalue weighted by molar-refractivity contribution is -0.141. The second-order valence-corrected chi connectivity index (χ2v) is 6.33. The molecular formula is C16H18ClF3N4O2. The smallest absolute Gasteiger partial charge is 0.433 e. The second-order valence-electron chi connectivity index (χ2n) is 5.93. The number of benzene rings is 1. The first kappa shape index (κ1) is 20.1. The first-order valence-electron chi connectivity index (χ1n) is 7.69. The molecule has 1 aromatic heterocycles. The van der Waals surface area contributed by atoms with Crippen molar-refractivity contribution in [3.8, 4) is 5.75 Å². The molecule has 6 nitrogen and oxygen atoms in total. The molecule has 0 radical (unpaired) electrons. The highest BCUT2D eigenvalue weighted by atomic mass is 35.5. The van der Waals surface area contributed by atoms with Crippen molar-refractivity contribution in [3.05, 3.63) is 35.0 Å². The average molecular weight is 391 g/mol. The molecule has 1 heterocycles. The van der Waals surface area contributed by atoms with Gasteiger partial charge in [0, 0.05) is 12.1 Å². The lowest BCUT2D eigenvalue weighted by atomic mass is 10.1. The molecule has 1 atom stereocenters. The van der Waals surface area contributed by atoms with Gasteiger partial charge in [0.15, 0.2) is 5.69 Å². The van der Waals surface area contributed by atoms with Gasteiger partial charge >= 0.3 is 6.18 Å². The number of phenols is 1. The number of phenolic OH excluding ortho intramolecular Hbond substituents is 1. The van der Waals surface area contributed by atoms with E-state index in [0.717, 1.165) is 6.07 Å². The molecule has 10 heteroatoms. The minimum absolute atomic E-state index is 0.0545. The third kappa shape index (κ3) is 5.12. The van der Waals surface area contributed by atoms with E-state index in [-0.39, 0.29) is 40.8 Å². The van der Waals surface area contributed by atoms with E-state index in [4.69, 9.17) is 11.6 Å². The summed E-state index contributed by atoms with van der Waals surface area (Å²) in [5.74, 6) is -0.543. The van der Waals surface area contributed by atoms with Gasteiger partial charge in [-0.25, -0.2) is 4.98 Å². The Morgan fingerprint density at radius 2 is 1.88 bits per heavy atom. The summed E-state index contributed by atoms with van der Waals surface area (Å²) >= 11 is 5.96. The molecule has 2 rings (SSSR count). The van der Waals surface area contributed by atoms with E-state index < -0.39 is 17.9 Å². The summed E-state index contributed by atoms with van der Waals surface area (Å²) < 4.78 is 39.4. The van der Waals surface area contributed by atoms with Crippen molar-refractivity contribution in [2.45, 2.75) is 26.1 Å². The molecule has 0 amide bonds. The Labute approximate surface area is 153 Å². The highest BCUT2D eigenvalue weighted by Gasteiger charge is 2.34. The molecule has 0 aliphatic rings. The maximum Gasteiger partial charge on any atom is 0.433 e. The lowest BCUT2D eigenvalue weighted by Crippen LogP contribution is -2.30. The van der Waals surface area contributed by atoms with Crippen molar-refractivity contribution in [2.24, 2.45) is 5.92 Å². The molecule has 26 heavy (non-hydrogen) atoms. The van der Waals surface area contributed by atoms with Crippen molar-refractivity contribution in [1.29, 1.82) is 0 Å². The maximum absolute atomic E-state index is 13.1. The molecule has 0 bridgehead atoms. The Bertz CT molecular complexity index is 772. The largest absolute Gasteiger partial charge is 0.508 e. The average Bonchev–Trinajstić information content (AvgIpc) is 2.54. The van der Waals surface area contributed by atoms with Crippen LogP contribution in [0.15, 0.2) is 24.3 Å². The normalized spacial score (nSPS) is 12.9. The monoisotopic (exact) mass is 390 g/mol. The molecule has 0 aliphatic heterocycles. The number of hydrogen-bond donors (Lipinski definition) is 4. The van der Waals surface area contributed by atoms with Crippen molar-refractivity contribution in [1.82, 2.24) is 9.97 Å². The number of rotatable bonds is 6. The number of anilines is 3. The van der Waals surface area contributed by atoms with Gasteiger partial charge in [0.1, 0.15) is 11.6 Å². The van der Waals surface area contributed by atoms with E-state index in [2.05, 4.69) is 20.6 Å². The van der Waals surface area contributed by atoms with Crippen LogP contribution in [0.3, 0.4) is 0 Å². The van der Waals surface area contributed by atoms with Crippen LogP contribution in [0.5, 0.6) is 5.75 Å². The first-order valence-corrected chi connectivity index (χ1v) is 8.07. The quantitative estimate of drug-likeness (QED) is 0.557. The van der Waals surface area contributed by atoms with Crippen LogP contribution >= 0.6 is 11.6 Å². The highest BCUT2D eigenvalue weighted by Crippen LogP contribution is 2.32. The first-order chi connectivity index (χ1) is 12.1. The van der Waals surface area contributed by atoms with Crippen molar-refractivity contribution >= 4 is 29.1 Å². The number of alkyl halides is 3. The molecule has 0 saturated carbocycles. The van der Waals surface area contributed by atoms with Crippen LogP contribution in [0.25, 0.3) is 0 Å². The number of nitrogens with zero attached hydrogens (tertiary/aromatic N) is 2. The van der Waals surface area contributed by atoms with Gasteiger partial charge in [-0.15, -0.1) is 0 Å². The van der Waals surface area contributed by atoms with Gasteiger partial charge in [-0.2, -0.15) is 18.2 Å². The number of aromatic nitrogens is 2. The number of aliphatic hydroxyl groups is 1. The minimum Gasteiger partial charge on any atom is -0.508 e. The van der Waals surface area contributed by atoms with Crippen molar-refractivity contribution < 1.29 is 23.4 Å². The number of nitrogens with one attached hydrogen (secondary N) is 2. The van der Waals surface area contributed by atoms with E-state index in [0.29, 0.717) is 0 Å². The van der Waals surface area contributed by atoms with E-state index in [1.165, 1.54) is 18.2 Å². The topological polar surface area (TPSA) is 90.3 Å². The van der Waals surface area contributed by atoms with Crippen LogP contribution in [0, 0.1) is 5.92 Å². The highest BCUT2D eigenvalue weighted by molar-refractivity contribution is 6.33. The Morgan fingerprint density at radius 1 is 1.19 bits per heavy atom. The van der Waals surface area contributed by atoms with Gasteiger partial charge in [0.2, 0.25) is 5.95 Å². The molecule has 0 unspecified atom stereocenters. The van der Waals surface area contributed by atoms with Crippen LogP contribution in [-0.4, -0.2) is 32.8 Å². The molecule has 142 valence electrons. The van der Waals surface area contributed by atoms with E-state index >= 15 is 0 Å². The Balaban J connectivity index is 2.39. The SMILES string of the molecule is CC(C)[C@@H](CO)Nc1nc(Nc2ccc(O)cc2Cl)cc(C(F)(F)F)n1. The molecule has 4 N–H and O–H groups in total. The molecular weight excluding hydrogens is 373 g/mol. The van der Waals surface area contributed by atoms with Crippen molar-refractivity contribution in [2.75, 3.05) is 17.2 Å². The lowest BCUT2D eigenvalue weighted by Gasteiger charge is -2.21. The van der Waals surface area contributed by atoms with Gasteiger partial charge in [-0.05, 0) is 18.1 Å². The Morgan fingerprint density at radius 3 is 2.42 bits per heavy atom.